The molecule has 4 nitrogen and oxygen atoms in total. The van der Waals surface area contributed by atoms with Gasteiger partial charge in [-0.05, 0) is 26.2 Å². The summed E-state index contributed by atoms with van der Waals surface area (Å²) in [5.74, 6) is -0.0815. The quantitative estimate of drug-likeness (QED) is 0.709. The molecule has 1 heterocycles. The first-order valence-corrected chi connectivity index (χ1v) is 6.61. The molecule has 0 aromatic heterocycles. The van der Waals surface area contributed by atoms with Gasteiger partial charge in [0.1, 0.15) is 5.60 Å². The SMILES string of the molecule is CC(C)CC(C)C(=O)OC(C)(C)C1COC(=O)C1. The first kappa shape index (κ1) is 15.0. The smallest absolute Gasteiger partial charge is 0.309 e. The molecule has 2 atom stereocenters. The van der Waals surface area contributed by atoms with Crippen LogP contribution in [-0.4, -0.2) is 24.1 Å². The van der Waals surface area contributed by atoms with Crippen molar-refractivity contribution >= 4 is 11.9 Å². The fourth-order valence-electron chi connectivity index (χ4n) is 2.21. The number of hydrogen-bond donors (Lipinski definition) is 0. The second-order valence-corrected chi connectivity index (χ2v) is 6.14. The van der Waals surface area contributed by atoms with E-state index in [2.05, 4.69) is 13.8 Å². The Balaban J connectivity index is 2.54. The monoisotopic (exact) mass is 256 g/mol. The zero-order valence-corrected chi connectivity index (χ0v) is 12.0. The van der Waals surface area contributed by atoms with Gasteiger partial charge in [-0.1, -0.05) is 20.8 Å². The topological polar surface area (TPSA) is 52.6 Å². The molecule has 2 unspecified atom stereocenters. The lowest BCUT2D eigenvalue weighted by molar-refractivity contribution is -0.166. The molecule has 0 bridgehead atoms. The zero-order valence-electron chi connectivity index (χ0n) is 12.0. The third-order valence-corrected chi connectivity index (χ3v) is 3.43. The van der Waals surface area contributed by atoms with Crippen molar-refractivity contribution in [2.24, 2.45) is 17.8 Å². The second-order valence-electron chi connectivity index (χ2n) is 6.14. The van der Waals surface area contributed by atoms with Gasteiger partial charge in [0.2, 0.25) is 0 Å². The largest absolute Gasteiger partial charge is 0.465 e. The third kappa shape index (κ3) is 4.00. The van der Waals surface area contributed by atoms with Gasteiger partial charge in [-0.2, -0.15) is 0 Å². The van der Waals surface area contributed by atoms with Crippen molar-refractivity contribution in [3.05, 3.63) is 0 Å². The predicted octanol–water partition coefficient (Wildman–Crippen LogP) is 2.55. The summed E-state index contributed by atoms with van der Waals surface area (Å²) >= 11 is 0. The summed E-state index contributed by atoms with van der Waals surface area (Å²) < 4.78 is 10.5. The second kappa shape index (κ2) is 5.72. The van der Waals surface area contributed by atoms with E-state index in [1.54, 1.807) is 0 Å². The van der Waals surface area contributed by atoms with Crippen LogP contribution in [-0.2, 0) is 19.1 Å². The minimum atomic E-state index is -0.644. The number of cyclic esters (lactones) is 1. The Morgan fingerprint density at radius 1 is 1.44 bits per heavy atom. The lowest BCUT2D eigenvalue weighted by atomic mass is 9.89. The molecule has 0 N–H and O–H groups in total. The van der Waals surface area contributed by atoms with Crippen LogP contribution in [0.3, 0.4) is 0 Å². The summed E-state index contributed by atoms with van der Waals surface area (Å²) in [4.78, 5) is 23.1. The molecule has 18 heavy (non-hydrogen) atoms. The van der Waals surface area contributed by atoms with Crippen LogP contribution in [0.4, 0.5) is 0 Å². The molecule has 1 aliphatic rings. The van der Waals surface area contributed by atoms with Gasteiger partial charge in [0.15, 0.2) is 0 Å². The van der Waals surface area contributed by atoms with Crippen molar-refractivity contribution in [1.29, 1.82) is 0 Å². The van der Waals surface area contributed by atoms with Gasteiger partial charge in [-0.3, -0.25) is 9.59 Å². The van der Waals surface area contributed by atoms with E-state index in [0.717, 1.165) is 6.42 Å². The van der Waals surface area contributed by atoms with E-state index in [0.29, 0.717) is 18.9 Å². The van der Waals surface area contributed by atoms with Crippen molar-refractivity contribution < 1.29 is 19.1 Å². The van der Waals surface area contributed by atoms with Crippen LogP contribution in [0.25, 0.3) is 0 Å². The average Bonchev–Trinajstić information content (AvgIpc) is 2.63. The highest BCUT2D eigenvalue weighted by Crippen LogP contribution is 2.30. The molecule has 0 aromatic carbocycles. The fraction of sp³-hybridized carbons (Fsp3) is 0.857. The van der Waals surface area contributed by atoms with Crippen LogP contribution in [0, 0.1) is 17.8 Å². The van der Waals surface area contributed by atoms with Crippen molar-refractivity contribution in [3.63, 3.8) is 0 Å². The maximum Gasteiger partial charge on any atom is 0.309 e. The zero-order chi connectivity index (χ0) is 13.9. The van der Waals surface area contributed by atoms with Crippen LogP contribution in [0.5, 0.6) is 0 Å². The molecule has 1 rings (SSSR count). The van der Waals surface area contributed by atoms with Gasteiger partial charge in [-0.15, -0.1) is 0 Å². The number of rotatable bonds is 5. The van der Waals surface area contributed by atoms with Crippen molar-refractivity contribution in [3.8, 4) is 0 Å². The minimum absolute atomic E-state index is 0.0415. The van der Waals surface area contributed by atoms with Crippen molar-refractivity contribution in [2.75, 3.05) is 6.61 Å². The highest BCUT2D eigenvalue weighted by molar-refractivity contribution is 5.73. The van der Waals surface area contributed by atoms with E-state index in [9.17, 15) is 9.59 Å². The Morgan fingerprint density at radius 3 is 2.50 bits per heavy atom. The molecule has 0 saturated carbocycles. The van der Waals surface area contributed by atoms with Crippen LogP contribution >= 0.6 is 0 Å². The van der Waals surface area contributed by atoms with Gasteiger partial charge >= 0.3 is 11.9 Å². The van der Waals surface area contributed by atoms with E-state index >= 15 is 0 Å². The molecule has 1 aliphatic heterocycles. The van der Waals surface area contributed by atoms with Crippen LogP contribution < -0.4 is 0 Å². The van der Waals surface area contributed by atoms with E-state index in [4.69, 9.17) is 9.47 Å². The van der Waals surface area contributed by atoms with Gasteiger partial charge in [0, 0.05) is 5.92 Å². The third-order valence-electron chi connectivity index (χ3n) is 3.43. The van der Waals surface area contributed by atoms with Gasteiger partial charge in [0.25, 0.3) is 0 Å². The Morgan fingerprint density at radius 2 is 2.06 bits per heavy atom. The Bertz CT molecular complexity index is 320. The molecular formula is C14H24O4. The van der Waals surface area contributed by atoms with Crippen molar-refractivity contribution in [1.82, 2.24) is 0 Å². The summed E-state index contributed by atoms with van der Waals surface area (Å²) in [5.41, 5.74) is -0.644. The summed E-state index contributed by atoms with van der Waals surface area (Å²) in [5, 5.41) is 0. The number of ether oxygens (including phenoxy) is 2. The number of hydrogen-bond acceptors (Lipinski definition) is 4. The summed E-state index contributed by atoms with van der Waals surface area (Å²) in [6, 6.07) is 0. The first-order valence-electron chi connectivity index (χ1n) is 6.61. The standard InChI is InChI=1S/C14H24O4/c1-9(2)6-10(3)13(16)18-14(4,5)11-7-12(15)17-8-11/h9-11H,6-8H2,1-5H3. The Hall–Kier alpha value is -1.06. The molecule has 0 radical (unpaired) electrons. The van der Waals surface area contributed by atoms with Gasteiger partial charge < -0.3 is 9.47 Å². The lowest BCUT2D eigenvalue weighted by Crippen LogP contribution is -2.38. The molecule has 1 fully saturated rings. The Kier molecular flexibility index (Phi) is 4.77. The number of esters is 2. The van der Waals surface area contributed by atoms with E-state index in [-0.39, 0.29) is 23.8 Å². The summed E-state index contributed by atoms with van der Waals surface area (Å²) in [6.45, 7) is 10.1. The van der Waals surface area contributed by atoms with E-state index in [1.165, 1.54) is 0 Å². The molecule has 0 spiro atoms. The van der Waals surface area contributed by atoms with Crippen molar-refractivity contribution in [2.45, 2.75) is 53.1 Å². The first-order chi connectivity index (χ1) is 8.22. The lowest BCUT2D eigenvalue weighted by Gasteiger charge is -2.31. The molecule has 0 amide bonds. The van der Waals surface area contributed by atoms with Crippen LogP contribution in [0.2, 0.25) is 0 Å². The average molecular weight is 256 g/mol. The fourth-order valence-corrected chi connectivity index (χ4v) is 2.21. The predicted molar refractivity (Wildman–Crippen MR) is 67.9 cm³/mol. The van der Waals surface area contributed by atoms with E-state index in [1.807, 2.05) is 20.8 Å². The summed E-state index contributed by atoms with van der Waals surface area (Å²) in [7, 11) is 0. The van der Waals surface area contributed by atoms with Crippen LogP contribution in [0.1, 0.15) is 47.5 Å². The molecule has 104 valence electrons. The number of carbonyl (C=O) groups excluding carboxylic acids is 2. The van der Waals surface area contributed by atoms with Crippen LogP contribution in [0.15, 0.2) is 0 Å². The van der Waals surface area contributed by atoms with Gasteiger partial charge in [0.05, 0.1) is 18.9 Å². The molecular weight excluding hydrogens is 232 g/mol. The maximum absolute atomic E-state index is 12.0. The highest BCUT2D eigenvalue weighted by atomic mass is 16.6. The Labute approximate surface area is 109 Å². The molecule has 4 heteroatoms. The van der Waals surface area contributed by atoms with E-state index < -0.39 is 5.60 Å². The molecule has 0 aromatic rings. The minimum Gasteiger partial charge on any atom is -0.465 e. The highest BCUT2D eigenvalue weighted by Gasteiger charge is 2.40. The van der Waals surface area contributed by atoms with Gasteiger partial charge in [-0.25, -0.2) is 0 Å². The molecule has 0 aliphatic carbocycles. The number of carbonyl (C=O) groups is 2. The summed E-state index contributed by atoms with van der Waals surface area (Å²) in [6.07, 6.45) is 1.15. The maximum atomic E-state index is 12.0. The molecule has 1 saturated heterocycles. The normalized spacial score (nSPS) is 21.9.